The van der Waals surface area contributed by atoms with E-state index >= 15 is 0 Å². The number of aliphatic hydroxyl groups is 1. The third-order valence-electron chi connectivity index (χ3n) is 7.53. The van der Waals surface area contributed by atoms with Crippen LogP contribution in [0.2, 0.25) is 0 Å². The summed E-state index contributed by atoms with van der Waals surface area (Å²) >= 11 is 0. The van der Waals surface area contributed by atoms with Crippen LogP contribution >= 0.6 is 0 Å². The van der Waals surface area contributed by atoms with Crippen LogP contribution in [-0.4, -0.2) is 48.2 Å². The highest BCUT2D eigenvalue weighted by Gasteiger charge is 2.42. The molecule has 0 bridgehead atoms. The molecule has 0 aliphatic heterocycles. The molecule has 230 valence electrons. The van der Waals surface area contributed by atoms with Gasteiger partial charge in [-0.3, -0.25) is 14.4 Å². The maximum atomic E-state index is 13.6. The van der Waals surface area contributed by atoms with Gasteiger partial charge in [0, 0.05) is 7.11 Å². The third kappa shape index (κ3) is 9.49. The first-order chi connectivity index (χ1) is 20.3. The third-order valence-corrected chi connectivity index (χ3v) is 7.53. The molecule has 3 aromatic rings. The van der Waals surface area contributed by atoms with Crippen molar-refractivity contribution in [1.82, 2.24) is 10.6 Å². The van der Waals surface area contributed by atoms with Crippen LogP contribution in [0.4, 0.5) is 0 Å². The molecule has 0 aliphatic carbocycles. The second kappa shape index (κ2) is 14.9. The summed E-state index contributed by atoms with van der Waals surface area (Å²) < 4.78 is 5.33. The molecule has 0 unspecified atom stereocenters. The molecule has 0 spiro atoms. The fourth-order valence-corrected chi connectivity index (χ4v) is 5.24. The van der Waals surface area contributed by atoms with Gasteiger partial charge in [0.1, 0.15) is 6.04 Å². The largest absolute Gasteiger partial charge is 0.382 e. The maximum Gasteiger partial charge on any atom is 0.253 e. The second-order valence-electron chi connectivity index (χ2n) is 12.3. The number of carbonyl (C=O) groups excluding carboxylic acids is 3. The molecule has 8 heteroatoms. The lowest BCUT2D eigenvalue weighted by Gasteiger charge is -2.35. The number of ether oxygens (including phenoxy) is 1. The zero-order chi connectivity index (χ0) is 31.6. The molecule has 0 aromatic heterocycles. The highest BCUT2D eigenvalue weighted by Crippen LogP contribution is 2.28. The van der Waals surface area contributed by atoms with Crippen molar-refractivity contribution in [3.8, 4) is 11.1 Å². The first-order valence-electron chi connectivity index (χ1n) is 14.6. The molecule has 0 saturated carbocycles. The number of nitrogens with one attached hydrogen (secondary N) is 2. The monoisotopic (exact) mass is 587 g/mol. The fraction of sp³-hybridized carbons (Fsp3) is 0.400. The summed E-state index contributed by atoms with van der Waals surface area (Å²) in [5, 5.41) is 17.2. The molecule has 0 heterocycles. The van der Waals surface area contributed by atoms with Gasteiger partial charge in [-0.1, -0.05) is 105 Å². The number of methoxy groups -OCH3 is 1. The van der Waals surface area contributed by atoms with Crippen LogP contribution in [0.15, 0.2) is 78.9 Å². The Balaban J connectivity index is 1.78. The van der Waals surface area contributed by atoms with Crippen molar-refractivity contribution in [2.24, 2.45) is 11.1 Å². The van der Waals surface area contributed by atoms with E-state index in [2.05, 4.69) is 22.8 Å². The number of primary amides is 1. The summed E-state index contributed by atoms with van der Waals surface area (Å²) in [6.07, 6.45) is 0.402. The number of hydrogen-bond donors (Lipinski definition) is 4. The Labute approximate surface area is 255 Å². The van der Waals surface area contributed by atoms with Crippen LogP contribution in [0, 0.1) is 12.3 Å². The average molecular weight is 588 g/mol. The number of carbonyl (C=O) groups is 3. The quantitative estimate of drug-likeness (QED) is 0.219. The number of hydrogen-bond acceptors (Lipinski definition) is 5. The Bertz CT molecular complexity index is 1390. The van der Waals surface area contributed by atoms with Crippen LogP contribution in [0.25, 0.3) is 11.1 Å². The van der Waals surface area contributed by atoms with Gasteiger partial charge in [-0.25, -0.2) is 0 Å². The summed E-state index contributed by atoms with van der Waals surface area (Å²) in [6, 6.07) is 24.2. The van der Waals surface area contributed by atoms with Crippen molar-refractivity contribution in [3.63, 3.8) is 0 Å². The minimum absolute atomic E-state index is 0.0152. The number of benzene rings is 3. The first-order valence-corrected chi connectivity index (χ1v) is 14.6. The Hall–Kier alpha value is -4.01. The summed E-state index contributed by atoms with van der Waals surface area (Å²) in [5.74, 6) is -2.05. The van der Waals surface area contributed by atoms with Gasteiger partial charge in [0.05, 0.1) is 19.1 Å². The van der Waals surface area contributed by atoms with Crippen LogP contribution in [0.5, 0.6) is 0 Å². The minimum Gasteiger partial charge on any atom is -0.382 e. The molecular formula is C35H45N3O5. The molecular weight excluding hydrogens is 542 g/mol. The van der Waals surface area contributed by atoms with Crippen molar-refractivity contribution in [2.45, 2.75) is 71.1 Å². The Kier molecular flexibility index (Phi) is 11.6. The molecule has 3 atom stereocenters. The Morgan fingerprint density at radius 3 is 2.23 bits per heavy atom. The molecule has 0 aliphatic rings. The van der Waals surface area contributed by atoms with E-state index in [1.807, 2.05) is 94.4 Å². The molecule has 3 rings (SSSR count). The van der Waals surface area contributed by atoms with Crippen molar-refractivity contribution in [2.75, 3.05) is 13.7 Å². The van der Waals surface area contributed by atoms with Gasteiger partial charge in [0.25, 0.3) is 5.91 Å². The molecule has 5 N–H and O–H groups in total. The average Bonchev–Trinajstić information content (AvgIpc) is 2.95. The number of amides is 3. The van der Waals surface area contributed by atoms with E-state index in [0.717, 1.165) is 27.8 Å². The minimum atomic E-state index is -2.08. The van der Waals surface area contributed by atoms with Crippen LogP contribution in [-0.2, 0) is 25.5 Å². The molecule has 43 heavy (non-hydrogen) atoms. The van der Waals surface area contributed by atoms with Gasteiger partial charge < -0.3 is 26.2 Å². The van der Waals surface area contributed by atoms with Crippen molar-refractivity contribution >= 4 is 17.7 Å². The second-order valence-corrected chi connectivity index (χ2v) is 12.3. The maximum absolute atomic E-state index is 13.6. The summed E-state index contributed by atoms with van der Waals surface area (Å²) in [5.41, 5.74) is 7.90. The SMILES string of the molecule is COC[C@@H](NC(=O)[C@@H](NC(=O)[C@@](O)(CCCc1ccccc1-c1cccc(C)c1)CC(N)=O)C(C)(C)C)c1ccccc1. The van der Waals surface area contributed by atoms with Gasteiger partial charge in [-0.15, -0.1) is 0 Å². The Morgan fingerprint density at radius 1 is 0.930 bits per heavy atom. The topological polar surface area (TPSA) is 131 Å². The smallest absolute Gasteiger partial charge is 0.253 e. The lowest BCUT2D eigenvalue weighted by atomic mass is 9.84. The lowest BCUT2D eigenvalue weighted by molar-refractivity contribution is -0.148. The fourth-order valence-electron chi connectivity index (χ4n) is 5.24. The number of nitrogens with two attached hydrogens (primary N) is 1. The summed E-state index contributed by atoms with van der Waals surface area (Å²) in [7, 11) is 1.55. The van der Waals surface area contributed by atoms with E-state index in [-0.39, 0.29) is 13.0 Å². The van der Waals surface area contributed by atoms with Gasteiger partial charge in [0.2, 0.25) is 11.8 Å². The zero-order valence-corrected chi connectivity index (χ0v) is 25.9. The van der Waals surface area contributed by atoms with Gasteiger partial charge in [0.15, 0.2) is 5.60 Å². The zero-order valence-electron chi connectivity index (χ0n) is 25.9. The number of aryl methyl sites for hydroxylation is 2. The van der Waals surface area contributed by atoms with Crippen LogP contribution < -0.4 is 16.4 Å². The van der Waals surface area contributed by atoms with E-state index in [0.29, 0.717) is 12.8 Å². The summed E-state index contributed by atoms with van der Waals surface area (Å²) in [6.45, 7) is 7.73. The molecule has 0 radical (unpaired) electrons. The van der Waals surface area contributed by atoms with Crippen molar-refractivity contribution in [3.05, 3.63) is 95.6 Å². The van der Waals surface area contributed by atoms with Gasteiger partial charge in [-0.05, 0) is 53.9 Å². The predicted molar refractivity (Wildman–Crippen MR) is 169 cm³/mol. The normalized spacial score (nSPS) is 14.3. The van der Waals surface area contributed by atoms with Crippen LogP contribution in [0.1, 0.15) is 62.8 Å². The molecule has 0 fully saturated rings. The van der Waals surface area contributed by atoms with Crippen LogP contribution in [0.3, 0.4) is 0 Å². The van der Waals surface area contributed by atoms with Crippen molar-refractivity contribution < 1.29 is 24.2 Å². The number of rotatable bonds is 14. The standard InChI is InChI=1S/C35H45N3O5/c1-24-13-11-17-27(21-24)28-19-10-9-14-25(28)18-12-20-35(42,22-30(36)39)33(41)38-31(34(2,3)4)32(40)37-29(23-43-5)26-15-7-6-8-16-26/h6-11,13-17,19,21,29,31,42H,12,18,20,22-23H2,1-5H3,(H2,36,39)(H,37,40)(H,38,41)/t29-,31-,35-/m1/s1. The van der Waals surface area contributed by atoms with Crippen molar-refractivity contribution in [1.29, 1.82) is 0 Å². The van der Waals surface area contributed by atoms with E-state index in [4.69, 9.17) is 10.5 Å². The van der Waals surface area contributed by atoms with Gasteiger partial charge >= 0.3 is 0 Å². The van der Waals surface area contributed by atoms with E-state index in [9.17, 15) is 19.5 Å². The van der Waals surface area contributed by atoms with E-state index in [1.54, 1.807) is 7.11 Å². The highest BCUT2D eigenvalue weighted by atomic mass is 16.5. The summed E-state index contributed by atoms with van der Waals surface area (Å²) in [4.78, 5) is 39.2. The van der Waals surface area contributed by atoms with E-state index < -0.39 is 47.2 Å². The molecule has 3 aromatic carbocycles. The Morgan fingerprint density at radius 2 is 1.60 bits per heavy atom. The van der Waals surface area contributed by atoms with E-state index in [1.165, 1.54) is 0 Å². The van der Waals surface area contributed by atoms with Gasteiger partial charge in [-0.2, -0.15) is 0 Å². The predicted octanol–water partition coefficient (Wildman–Crippen LogP) is 4.63. The lowest BCUT2D eigenvalue weighted by Crippen LogP contribution is -2.59. The first kappa shape index (κ1) is 33.5. The molecule has 3 amide bonds. The molecule has 8 nitrogen and oxygen atoms in total. The molecule has 0 saturated heterocycles. The highest BCUT2D eigenvalue weighted by molar-refractivity contribution is 5.94.